The second-order valence-corrected chi connectivity index (χ2v) is 9.22. The van der Waals surface area contributed by atoms with Crippen LogP contribution in [0.1, 0.15) is 19.8 Å². The Hall–Kier alpha value is -0.860. The monoisotopic (exact) mass is 405 g/mol. The summed E-state index contributed by atoms with van der Waals surface area (Å²) in [5, 5.41) is 3.47. The molecule has 1 amide bonds. The molecule has 1 N–H and O–H groups in total. The molecular weight excluding hydrogens is 385 g/mol. The second kappa shape index (κ2) is 7.40. The lowest BCUT2D eigenvalue weighted by atomic mass is 10.2. The smallest absolute Gasteiger partial charge is 0.244 e. The van der Waals surface area contributed by atoms with Crippen LogP contribution in [0.2, 0.25) is 10.0 Å². The van der Waals surface area contributed by atoms with E-state index in [1.807, 2.05) is 11.8 Å². The Kier molecular flexibility index (Phi) is 5.60. The fourth-order valence-corrected chi connectivity index (χ4v) is 5.02. The number of piperazine rings is 1. The molecule has 6 nitrogen and oxygen atoms in total. The number of hydrogen-bond donors (Lipinski definition) is 1. The summed E-state index contributed by atoms with van der Waals surface area (Å²) in [7, 11) is -3.70. The largest absolute Gasteiger partial charge is 0.352 e. The first kappa shape index (κ1) is 18.9. The van der Waals surface area contributed by atoms with Gasteiger partial charge in [-0.1, -0.05) is 23.2 Å². The number of carbonyl (C=O) groups excluding carboxylic acids is 1. The summed E-state index contributed by atoms with van der Waals surface area (Å²) < 4.78 is 27.0. The van der Waals surface area contributed by atoms with Crippen LogP contribution in [0, 0.1) is 0 Å². The van der Waals surface area contributed by atoms with Gasteiger partial charge in [0.05, 0.1) is 11.1 Å². The Labute approximate surface area is 158 Å². The van der Waals surface area contributed by atoms with Gasteiger partial charge in [0.15, 0.2) is 0 Å². The molecule has 2 aliphatic rings. The highest BCUT2D eigenvalue weighted by atomic mass is 35.5. The summed E-state index contributed by atoms with van der Waals surface area (Å²) in [4.78, 5) is 14.2. The van der Waals surface area contributed by atoms with Crippen molar-refractivity contribution in [1.82, 2.24) is 14.5 Å². The molecule has 1 saturated carbocycles. The summed E-state index contributed by atoms with van der Waals surface area (Å²) in [6.07, 6.45) is 2.09. The van der Waals surface area contributed by atoms with E-state index in [-0.39, 0.29) is 21.9 Å². The number of hydrogen-bond acceptors (Lipinski definition) is 4. The molecule has 1 aromatic carbocycles. The van der Waals surface area contributed by atoms with Crippen molar-refractivity contribution in [2.75, 3.05) is 26.2 Å². The van der Waals surface area contributed by atoms with Gasteiger partial charge in [0.25, 0.3) is 0 Å². The molecule has 1 saturated heterocycles. The molecule has 1 aliphatic heterocycles. The maximum Gasteiger partial charge on any atom is 0.244 e. The lowest BCUT2D eigenvalue weighted by Gasteiger charge is -2.36. The zero-order chi connectivity index (χ0) is 18.2. The maximum absolute atomic E-state index is 12.8. The Bertz CT molecular complexity index is 760. The molecule has 25 heavy (non-hydrogen) atoms. The van der Waals surface area contributed by atoms with Crippen molar-refractivity contribution in [1.29, 1.82) is 0 Å². The number of halogens is 2. The predicted octanol–water partition coefficient (Wildman–Crippen LogP) is 1.97. The average Bonchev–Trinajstić information content (AvgIpc) is 3.40. The SMILES string of the molecule is CC(C(=O)NC1CC1)N1CCN(S(=O)(=O)c2cc(Cl)ccc2Cl)CC1. The molecule has 9 heteroatoms. The number of sulfonamides is 1. The number of carbonyl (C=O) groups is 1. The molecule has 0 radical (unpaired) electrons. The van der Waals surface area contributed by atoms with Crippen LogP contribution in [0.4, 0.5) is 0 Å². The minimum atomic E-state index is -3.70. The molecule has 0 aromatic heterocycles. The Balaban J connectivity index is 1.64. The number of amides is 1. The predicted molar refractivity (Wildman–Crippen MR) is 97.4 cm³/mol. The zero-order valence-electron chi connectivity index (χ0n) is 13.9. The number of rotatable bonds is 5. The summed E-state index contributed by atoms with van der Waals surface area (Å²) in [6.45, 7) is 3.47. The van der Waals surface area contributed by atoms with E-state index in [4.69, 9.17) is 23.2 Å². The lowest BCUT2D eigenvalue weighted by molar-refractivity contribution is -0.126. The van der Waals surface area contributed by atoms with Crippen molar-refractivity contribution in [3.05, 3.63) is 28.2 Å². The summed E-state index contributed by atoms with van der Waals surface area (Å²) in [6, 6.07) is 4.47. The van der Waals surface area contributed by atoms with Crippen LogP contribution in [0.25, 0.3) is 0 Å². The Morgan fingerprint density at radius 2 is 1.84 bits per heavy atom. The Morgan fingerprint density at radius 1 is 1.20 bits per heavy atom. The molecule has 1 atom stereocenters. The van der Waals surface area contributed by atoms with Gasteiger partial charge in [-0.15, -0.1) is 0 Å². The molecular formula is C16H21Cl2N3O3S. The molecule has 3 rings (SSSR count). The van der Waals surface area contributed by atoms with Crippen molar-refractivity contribution in [3.63, 3.8) is 0 Å². The van der Waals surface area contributed by atoms with Crippen LogP contribution in [-0.2, 0) is 14.8 Å². The summed E-state index contributed by atoms with van der Waals surface area (Å²) >= 11 is 12.0. The van der Waals surface area contributed by atoms with Gasteiger partial charge >= 0.3 is 0 Å². The van der Waals surface area contributed by atoms with Crippen molar-refractivity contribution < 1.29 is 13.2 Å². The van der Waals surface area contributed by atoms with Gasteiger partial charge in [0.1, 0.15) is 4.90 Å². The molecule has 0 spiro atoms. The van der Waals surface area contributed by atoms with Crippen molar-refractivity contribution in [3.8, 4) is 0 Å². The van der Waals surface area contributed by atoms with Gasteiger partial charge < -0.3 is 5.32 Å². The van der Waals surface area contributed by atoms with Gasteiger partial charge in [0, 0.05) is 37.2 Å². The third-order valence-corrected chi connectivity index (χ3v) is 7.25. The maximum atomic E-state index is 12.8. The fourth-order valence-electron chi connectivity index (χ4n) is 2.86. The van der Waals surface area contributed by atoms with E-state index < -0.39 is 10.0 Å². The van der Waals surface area contributed by atoms with Gasteiger partial charge in [-0.25, -0.2) is 8.42 Å². The van der Waals surface area contributed by atoms with E-state index in [0.717, 1.165) is 12.8 Å². The van der Waals surface area contributed by atoms with Crippen molar-refractivity contribution in [2.24, 2.45) is 0 Å². The normalized spacial score (nSPS) is 21.1. The third kappa shape index (κ3) is 4.28. The summed E-state index contributed by atoms with van der Waals surface area (Å²) in [5.74, 6) is 0.0108. The Morgan fingerprint density at radius 3 is 2.44 bits per heavy atom. The molecule has 0 bridgehead atoms. The first-order valence-electron chi connectivity index (χ1n) is 8.28. The zero-order valence-corrected chi connectivity index (χ0v) is 16.2. The second-order valence-electron chi connectivity index (χ2n) is 6.47. The highest BCUT2D eigenvalue weighted by Crippen LogP contribution is 2.28. The van der Waals surface area contributed by atoms with E-state index >= 15 is 0 Å². The minimum Gasteiger partial charge on any atom is -0.352 e. The topological polar surface area (TPSA) is 69.7 Å². The average molecular weight is 406 g/mol. The minimum absolute atomic E-state index is 0.0108. The quantitative estimate of drug-likeness (QED) is 0.812. The first-order valence-corrected chi connectivity index (χ1v) is 10.5. The van der Waals surface area contributed by atoms with Crippen LogP contribution < -0.4 is 5.32 Å². The van der Waals surface area contributed by atoms with E-state index in [1.165, 1.54) is 16.4 Å². The number of benzene rings is 1. The highest BCUT2D eigenvalue weighted by molar-refractivity contribution is 7.89. The number of nitrogens with one attached hydrogen (secondary N) is 1. The highest BCUT2D eigenvalue weighted by Gasteiger charge is 2.34. The van der Waals surface area contributed by atoms with E-state index in [2.05, 4.69) is 5.32 Å². The number of nitrogens with zero attached hydrogens (tertiary/aromatic N) is 2. The fraction of sp³-hybridized carbons (Fsp3) is 0.562. The van der Waals surface area contributed by atoms with Crippen molar-refractivity contribution in [2.45, 2.75) is 36.7 Å². The molecule has 2 fully saturated rings. The molecule has 1 aromatic rings. The van der Waals surface area contributed by atoms with Crippen LogP contribution in [0.3, 0.4) is 0 Å². The molecule has 1 unspecified atom stereocenters. The molecule has 1 aliphatic carbocycles. The van der Waals surface area contributed by atoms with E-state index in [0.29, 0.717) is 37.2 Å². The van der Waals surface area contributed by atoms with Gasteiger partial charge in [0.2, 0.25) is 15.9 Å². The summed E-state index contributed by atoms with van der Waals surface area (Å²) in [5.41, 5.74) is 0. The lowest BCUT2D eigenvalue weighted by Crippen LogP contribution is -2.55. The third-order valence-electron chi connectivity index (χ3n) is 4.64. The van der Waals surface area contributed by atoms with Gasteiger partial charge in [-0.2, -0.15) is 4.31 Å². The van der Waals surface area contributed by atoms with Crippen LogP contribution in [-0.4, -0.2) is 61.8 Å². The van der Waals surface area contributed by atoms with Gasteiger partial charge in [-0.3, -0.25) is 9.69 Å². The van der Waals surface area contributed by atoms with E-state index in [9.17, 15) is 13.2 Å². The molecule has 138 valence electrons. The van der Waals surface area contributed by atoms with Crippen LogP contribution in [0.5, 0.6) is 0 Å². The van der Waals surface area contributed by atoms with E-state index in [1.54, 1.807) is 6.07 Å². The first-order chi connectivity index (χ1) is 11.8. The van der Waals surface area contributed by atoms with Crippen LogP contribution in [0.15, 0.2) is 23.1 Å². The van der Waals surface area contributed by atoms with Crippen molar-refractivity contribution >= 4 is 39.1 Å². The van der Waals surface area contributed by atoms with Crippen LogP contribution >= 0.6 is 23.2 Å². The molecule has 1 heterocycles. The van der Waals surface area contributed by atoms with Gasteiger partial charge in [-0.05, 0) is 38.0 Å². The standard InChI is InChI=1S/C16H21Cl2N3O3S/c1-11(16(22)19-13-3-4-13)20-6-8-21(9-7-20)25(23,24)15-10-12(17)2-5-14(15)18/h2,5,10-11,13H,3-4,6-9H2,1H3,(H,19,22).